The number of nitrogens with zero attached hydrogens (tertiary/aromatic N) is 5. The van der Waals surface area contributed by atoms with Crippen molar-refractivity contribution < 1.29 is 4.74 Å². The highest BCUT2D eigenvalue weighted by molar-refractivity contribution is 14.0. The lowest BCUT2D eigenvalue weighted by atomic mass is 10.2. The van der Waals surface area contributed by atoms with E-state index >= 15 is 0 Å². The molecule has 2 aromatic rings. The van der Waals surface area contributed by atoms with Crippen molar-refractivity contribution in [3.63, 3.8) is 0 Å². The van der Waals surface area contributed by atoms with E-state index in [-0.39, 0.29) is 24.0 Å². The van der Waals surface area contributed by atoms with Crippen molar-refractivity contribution in [1.82, 2.24) is 25.4 Å². The molecule has 8 nitrogen and oxygen atoms in total. The molecule has 2 aromatic heterocycles. The second-order valence-corrected chi connectivity index (χ2v) is 6.91. The Kier molecular flexibility index (Phi) is 9.15. The Bertz CT molecular complexity index is 815. The maximum atomic E-state index is 5.46. The molecule has 0 radical (unpaired) electrons. The Morgan fingerprint density at radius 2 is 2.00 bits per heavy atom. The smallest absolute Gasteiger partial charge is 0.191 e. The molecule has 1 aliphatic heterocycles. The number of halogens is 1. The molecule has 1 fully saturated rings. The summed E-state index contributed by atoms with van der Waals surface area (Å²) < 4.78 is 7.38. The van der Waals surface area contributed by atoms with E-state index in [1.807, 2.05) is 30.9 Å². The number of guanidine groups is 1. The van der Waals surface area contributed by atoms with Crippen molar-refractivity contribution in [1.29, 1.82) is 0 Å². The van der Waals surface area contributed by atoms with Crippen LogP contribution < -0.4 is 15.5 Å². The van der Waals surface area contributed by atoms with E-state index in [0.29, 0.717) is 13.1 Å². The second kappa shape index (κ2) is 11.3. The number of anilines is 1. The molecule has 0 spiro atoms. The summed E-state index contributed by atoms with van der Waals surface area (Å²) in [4.78, 5) is 11.7. The molecule has 0 bridgehead atoms. The number of morpholine rings is 1. The molecule has 0 atom stereocenters. The summed E-state index contributed by atoms with van der Waals surface area (Å²) in [6.07, 6.45) is 1.84. The monoisotopic (exact) mass is 513 g/mol. The highest BCUT2D eigenvalue weighted by atomic mass is 127. The van der Waals surface area contributed by atoms with Gasteiger partial charge in [-0.25, -0.2) is 9.98 Å². The molecule has 9 heteroatoms. The zero-order chi connectivity index (χ0) is 19.9. The van der Waals surface area contributed by atoms with Gasteiger partial charge in [0.05, 0.1) is 25.5 Å². The third kappa shape index (κ3) is 6.05. The average molecular weight is 513 g/mol. The molecule has 0 unspecified atom stereocenters. The largest absolute Gasteiger partial charge is 0.378 e. The Morgan fingerprint density at radius 1 is 1.24 bits per heavy atom. The standard InChI is InChI=1S/C20H31N7O.HI/c1-5-21-20(24-14-18-15(2)25-26(4)16(18)3)23-13-17-7-6-8-22-19(17)27-9-11-28-12-10-27;/h6-8H,5,9-14H2,1-4H3,(H2,21,23,24);1H. The van der Waals surface area contributed by atoms with E-state index < -0.39 is 0 Å². The van der Waals surface area contributed by atoms with E-state index in [0.717, 1.165) is 55.9 Å². The second-order valence-electron chi connectivity index (χ2n) is 6.91. The molecule has 2 N–H and O–H groups in total. The van der Waals surface area contributed by atoms with E-state index in [9.17, 15) is 0 Å². The number of rotatable bonds is 6. The first-order valence-corrected chi connectivity index (χ1v) is 9.88. The minimum atomic E-state index is 0. The SMILES string of the molecule is CCNC(=NCc1cccnc1N1CCOCC1)NCc1c(C)nn(C)c1C.I. The first-order chi connectivity index (χ1) is 13.6. The lowest BCUT2D eigenvalue weighted by molar-refractivity contribution is 0.122. The van der Waals surface area contributed by atoms with Crippen LogP contribution in [0, 0.1) is 13.8 Å². The molecular formula is C20H32IN7O. The lowest BCUT2D eigenvalue weighted by Crippen LogP contribution is -2.38. The van der Waals surface area contributed by atoms with Gasteiger partial charge >= 0.3 is 0 Å². The Labute approximate surface area is 190 Å². The lowest BCUT2D eigenvalue weighted by Gasteiger charge is -2.29. The maximum Gasteiger partial charge on any atom is 0.191 e. The minimum absolute atomic E-state index is 0. The Morgan fingerprint density at radius 3 is 2.66 bits per heavy atom. The van der Waals surface area contributed by atoms with Crippen LogP contribution in [0.4, 0.5) is 5.82 Å². The molecule has 160 valence electrons. The maximum absolute atomic E-state index is 5.46. The van der Waals surface area contributed by atoms with Crippen LogP contribution in [0.25, 0.3) is 0 Å². The fourth-order valence-corrected chi connectivity index (χ4v) is 3.36. The van der Waals surface area contributed by atoms with E-state index in [2.05, 4.69) is 45.5 Å². The molecule has 1 aliphatic rings. The summed E-state index contributed by atoms with van der Waals surface area (Å²) in [6, 6.07) is 4.07. The summed E-state index contributed by atoms with van der Waals surface area (Å²) in [6.45, 7) is 11.5. The first kappa shape index (κ1) is 23.4. The molecule has 0 amide bonds. The molecule has 3 heterocycles. The van der Waals surface area contributed by atoms with Crippen molar-refractivity contribution in [2.24, 2.45) is 12.0 Å². The Balaban J connectivity index is 0.00000300. The third-order valence-electron chi connectivity index (χ3n) is 5.02. The van der Waals surface area contributed by atoms with Crippen molar-refractivity contribution in [2.75, 3.05) is 37.7 Å². The van der Waals surface area contributed by atoms with Crippen LogP contribution in [0.5, 0.6) is 0 Å². The van der Waals surface area contributed by atoms with E-state index in [1.165, 1.54) is 11.3 Å². The van der Waals surface area contributed by atoms with Crippen molar-refractivity contribution in [3.05, 3.63) is 40.8 Å². The van der Waals surface area contributed by atoms with Crippen molar-refractivity contribution in [2.45, 2.75) is 33.9 Å². The zero-order valence-corrected chi connectivity index (χ0v) is 20.1. The molecule has 29 heavy (non-hydrogen) atoms. The molecule has 0 aliphatic carbocycles. The highest BCUT2D eigenvalue weighted by Crippen LogP contribution is 2.19. The van der Waals surface area contributed by atoms with Crippen LogP contribution >= 0.6 is 24.0 Å². The predicted octanol–water partition coefficient (Wildman–Crippen LogP) is 2.14. The summed E-state index contributed by atoms with van der Waals surface area (Å²) in [5.41, 5.74) is 4.55. The minimum Gasteiger partial charge on any atom is -0.378 e. The van der Waals surface area contributed by atoms with Gasteiger partial charge in [0.1, 0.15) is 5.82 Å². The normalized spacial score (nSPS) is 14.5. The average Bonchev–Trinajstić information content (AvgIpc) is 2.96. The number of aryl methyl sites for hydroxylation is 2. The van der Waals surface area contributed by atoms with Gasteiger partial charge in [0.25, 0.3) is 0 Å². The fraction of sp³-hybridized carbons (Fsp3) is 0.550. The number of pyridine rings is 1. The van der Waals surface area contributed by atoms with Crippen LogP contribution in [-0.4, -0.2) is 53.6 Å². The van der Waals surface area contributed by atoms with Gasteiger partial charge in [-0.1, -0.05) is 6.07 Å². The fourth-order valence-electron chi connectivity index (χ4n) is 3.36. The van der Waals surface area contributed by atoms with Gasteiger partial charge in [-0.3, -0.25) is 4.68 Å². The predicted molar refractivity (Wildman–Crippen MR) is 127 cm³/mol. The van der Waals surface area contributed by atoms with Crippen LogP contribution in [0.15, 0.2) is 23.3 Å². The number of hydrogen-bond acceptors (Lipinski definition) is 5. The number of aromatic nitrogens is 3. The quantitative estimate of drug-likeness (QED) is 0.350. The van der Waals surface area contributed by atoms with Gasteiger partial charge in [-0.15, -0.1) is 24.0 Å². The van der Waals surface area contributed by atoms with Gasteiger partial charge < -0.3 is 20.3 Å². The molecule has 0 aromatic carbocycles. The number of aliphatic imine (C=N–C) groups is 1. The topological polar surface area (TPSA) is 79.6 Å². The molecule has 3 rings (SSSR count). The first-order valence-electron chi connectivity index (χ1n) is 9.88. The van der Waals surface area contributed by atoms with Gasteiger partial charge in [0, 0.05) is 56.2 Å². The van der Waals surface area contributed by atoms with Crippen LogP contribution in [0.1, 0.15) is 29.4 Å². The molecule has 1 saturated heterocycles. The van der Waals surface area contributed by atoms with Crippen LogP contribution in [-0.2, 0) is 24.9 Å². The third-order valence-corrected chi connectivity index (χ3v) is 5.02. The Hall–Kier alpha value is -1.88. The number of ether oxygens (including phenoxy) is 1. The summed E-state index contributed by atoms with van der Waals surface area (Å²) >= 11 is 0. The molecule has 0 saturated carbocycles. The van der Waals surface area contributed by atoms with Crippen molar-refractivity contribution >= 4 is 35.8 Å². The molecular weight excluding hydrogens is 481 g/mol. The van der Waals surface area contributed by atoms with Gasteiger partial charge in [-0.05, 0) is 26.8 Å². The van der Waals surface area contributed by atoms with E-state index in [4.69, 9.17) is 9.73 Å². The van der Waals surface area contributed by atoms with Crippen molar-refractivity contribution in [3.8, 4) is 0 Å². The summed E-state index contributed by atoms with van der Waals surface area (Å²) in [7, 11) is 1.97. The van der Waals surface area contributed by atoms with Gasteiger partial charge in [-0.2, -0.15) is 5.10 Å². The summed E-state index contributed by atoms with van der Waals surface area (Å²) in [5.74, 6) is 1.80. The van der Waals surface area contributed by atoms with Crippen LogP contribution in [0.2, 0.25) is 0 Å². The van der Waals surface area contributed by atoms with Gasteiger partial charge in [0.15, 0.2) is 5.96 Å². The van der Waals surface area contributed by atoms with Gasteiger partial charge in [0.2, 0.25) is 0 Å². The van der Waals surface area contributed by atoms with Crippen LogP contribution in [0.3, 0.4) is 0 Å². The highest BCUT2D eigenvalue weighted by Gasteiger charge is 2.16. The summed E-state index contributed by atoms with van der Waals surface area (Å²) in [5, 5.41) is 11.2. The number of nitrogens with one attached hydrogen (secondary N) is 2. The zero-order valence-electron chi connectivity index (χ0n) is 17.7. The van der Waals surface area contributed by atoms with E-state index in [1.54, 1.807) is 0 Å². The number of hydrogen-bond donors (Lipinski definition) is 2.